The molecule has 2 nitrogen and oxygen atoms in total. The standard InChI is InChI=1S/C16H16FNOS/c17-15-7-10(5-6-18)1-4-14(15)16(19)11-8-12-2-3-13(9-11)20-12/h1,4,7,11-13H,2-3,5,8-9H2. The summed E-state index contributed by atoms with van der Waals surface area (Å²) in [4.78, 5) is 12.5. The number of halogens is 1. The Kier molecular flexibility index (Phi) is 3.80. The van der Waals surface area contributed by atoms with Crippen LogP contribution < -0.4 is 0 Å². The van der Waals surface area contributed by atoms with Gasteiger partial charge in [0.05, 0.1) is 18.1 Å². The van der Waals surface area contributed by atoms with Gasteiger partial charge in [0.2, 0.25) is 0 Å². The fourth-order valence-electron chi connectivity index (χ4n) is 3.25. The van der Waals surface area contributed by atoms with Crippen molar-refractivity contribution >= 4 is 17.5 Å². The van der Waals surface area contributed by atoms with E-state index in [0.717, 1.165) is 12.8 Å². The van der Waals surface area contributed by atoms with Gasteiger partial charge in [-0.1, -0.05) is 6.07 Å². The number of benzene rings is 1. The van der Waals surface area contributed by atoms with Crippen LogP contribution in [0.25, 0.3) is 0 Å². The molecule has 0 radical (unpaired) electrons. The SMILES string of the molecule is N#CCc1ccc(C(=O)C2CC3CCC(C2)S3)c(F)c1. The predicted octanol–water partition coefficient (Wildman–Crippen LogP) is 3.75. The second kappa shape index (κ2) is 5.57. The lowest BCUT2D eigenvalue weighted by Gasteiger charge is -2.26. The molecule has 2 fully saturated rings. The molecule has 1 aromatic carbocycles. The second-order valence-electron chi connectivity index (χ2n) is 5.64. The summed E-state index contributed by atoms with van der Waals surface area (Å²) < 4.78 is 14.1. The monoisotopic (exact) mass is 289 g/mol. The second-order valence-corrected chi connectivity index (χ2v) is 7.24. The summed E-state index contributed by atoms with van der Waals surface area (Å²) in [6.07, 6.45) is 4.35. The van der Waals surface area contributed by atoms with Gasteiger partial charge in [0.25, 0.3) is 0 Å². The van der Waals surface area contributed by atoms with Crippen LogP contribution in [0.4, 0.5) is 4.39 Å². The van der Waals surface area contributed by atoms with E-state index in [4.69, 9.17) is 5.26 Å². The van der Waals surface area contributed by atoms with E-state index in [2.05, 4.69) is 0 Å². The molecule has 20 heavy (non-hydrogen) atoms. The molecule has 4 heteroatoms. The van der Waals surface area contributed by atoms with Gasteiger partial charge < -0.3 is 0 Å². The van der Waals surface area contributed by atoms with Gasteiger partial charge in [0, 0.05) is 16.4 Å². The van der Waals surface area contributed by atoms with E-state index in [1.165, 1.54) is 18.9 Å². The number of thioether (sulfide) groups is 1. The normalized spacial score (nSPS) is 28.1. The molecule has 0 N–H and O–H groups in total. The number of nitriles is 1. The van der Waals surface area contributed by atoms with Crippen molar-refractivity contribution in [2.75, 3.05) is 0 Å². The minimum absolute atomic E-state index is 0.0231. The molecule has 0 spiro atoms. The molecule has 2 saturated heterocycles. The third kappa shape index (κ3) is 2.60. The van der Waals surface area contributed by atoms with Gasteiger partial charge in [-0.05, 0) is 43.4 Å². The Bertz CT molecular complexity index is 568. The van der Waals surface area contributed by atoms with Crippen LogP contribution in [0, 0.1) is 23.1 Å². The molecule has 0 aromatic heterocycles. The van der Waals surface area contributed by atoms with Crippen LogP contribution in [0.1, 0.15) is 41.6 Å². The number of ketones is 1. The lowest BCUT2D eigenvalue weighted by atomic mass is 9.89. The van der Waals surface area contributed by atoms with Crippen molar-refractivity contribution in [2.45, 2.75) is 42.6 Å². The third-order valence-corrected chi connectivity index (χ3v) is 5.87. The van der Waals surface area contributed by atoms with Gasteiger partial charge in [-0.3, -0.25) is 4.79 Å². The van der Waals surface area contributed by atoms with Gasteiger partial charge >= 0.3 is 0 Å². The molecular weight excluding hydrogens is 273 g/mol. The topological polar surface area (TPSA) is 40.9 Å². The summed E-state index contributed by atoms with van der Waals surface area (Å²) in [6, 6.07) is 6.55. The summed E-state index contributed by atoms with van der Waals surface area (Å²) in [5, 5.41) is 9.79. The van der Waals surface area contributed by atoms with Crippen LogP contribution in [-0.4, -0.2) is 16.3 Å². The Hall–Kier alpha value is -1.34. The van der Waals surface area contributed by atoms with Crippen molar-refractivity contribution in [1.82, 2.24) is 0 Å². The van der Waals surface area contributed by atoms with Crippen LogP contribution in [-0.2, 0) is 6.42 Å². The molecule has 0 amide bonds. The van der Waals surface area contributed by atoms with E-state index in [0.29, 0.717) is 16.1 Å². The van der Waals surface area contributed by atoms with E-state index in [1.807, 2.05) is 17.8 Å². The zero-order valence-electron chi connectivity index (χ0n) is 11.1. The van der Waals surface area contributed by atoms with Crippen molar-refractivity contribution in [2.24, 2.45) is 5.92 Å². The van der Waals surface area contributed by atoms with Crippen molar-refractivity contribution in [3.05, 3.63) is 35.1 Å². The highest BCUT2D eigenvalue weighted by molar-refractivity contribution is 8.00. The fourth-order valence-corrected chi connectivity index (χ4v) is 5.03. The molecule has 2 bridgehead atoms. The Balaban J connectivity index is 1.79. The Morgan fingerprint density at radius 1 is 1.35 bits per heavy atom. The summed E-state index contributed by atoms with van der Waals surface area (Å²) in [6.45, 7) is 0. The van der Waals surface area contributed by atoms with Gasteiger partial charge in [0.1, 0.15) is 5.82 Å². The average molecular weight is 289 g/mol. The van der Waals surface area contributed by atoms with Crippen LogP contribution in [0.3, 0.4) is 0 Å². The summed E-state index contributed by atoms with van der Waals surface area (Å²) >= 11 is 2.00. The first-order valence-corrected chi connectivity index (χ1v) is 7.96. The number of carbonyl (C=O) groups excluding carboxylic acids is 1. The average Bonchev–Trinajstić information content (AvgIpc) is 2.77. The predicted molar refractivity (Wildman–Crippen MR) is 77.2 cm³/mol. The Labute approximate surface area is 122 Å². The number of carbonyl (C=O) groups is 1. The highest BCUT2D eigenvalue weighted by atomic mass is 32.2. The molecule has 1 aromatic rings. The van der Waals surface area contributed by atoms with Crippen molar-refractivity contribution in [3.63, 3.8) is 0 Å². The lowest BCUT2D eigenvalue weighted by molar-refractivity contribution is 0.0902. The van der Waals surface area contributed by atoms with E-state index in [9.17, 15) is 9.18 Å². The molecule has 2 atom stereocenters. The van der Waals surface area contributed by atoms with E-state index < -0.39 is 5.82 Å². The first kappa shape index (κ1) is 13.6. The molecule has 2 aliphatic heterocycles. The maximum Gasteiger partial charge on any atom is 0.168 e. The van der Waals surface area contributed by atoms with Gasteiger partial charge in [-0.25, -0.2) is 4.39 Å². The quantitative estimate of drug-likeness (QED) is 0.796. The van der Waals surface area contributed by atoms with Crippen LogP contribution >= 0.6 is 11.8 Å². The highest BCUT2D eigenvalue weighted by Crippen LogP contribution is 2.46. The number of fused-ring (bicyclic) bond motifs is 2. The molecule has 3 rings (SSSR count). The van der Waals surface area contributed by atoms with Gasteiger partial charge in [0.15, 0.2) is 5.78 Å². The number of rotatable bonds is 3. The minimum Gasteiger partial charge on any atom is -0.294 e. The number of hydrogen-bond donors (Lipinski definition) is 0. The van der Waals surface area contributed by atoms with E-state index >= 15 is 0 Å². The van der Waals surface area contributed by atoms with Crippen molar-refractivity contribution < 1.29 is 9.18 Å². The number of Topliss-reactive ketones (excluding diaryl/α,β-unsaturated/α-hetero) is 1. The lowest BCUT2D eigenvalue weighted by Crippen LogP contribution is -2.25. The maximum atomic E-state index is 14.1. The molecule has 2 unspecified atom stereocenters. The van der Waals surface area contributed by atoms with Gasteiger partial charge in [-0.2, -0.15) is 17.0 Å². The molecular formula is C16H16FNOS. The van der Waals surface area contributed by atoms with Crippen LogP contribution in [0.2, 0.25) is 0 Å². The third-order valence-electron chi connectivity index (χ3n) is 4.24. The van der Waals surface area contributed by atoms with Crippen LogP contribution in [0.15, 0.2) is 18.2 Å². The molecule has 2 heterocycles. The summed E-state index contributed by atoms with van der Waals surface area (Å²) in [5.74, 6) is -0.554. The number of nitrogens with zero attached hydrogens (tertiary/aromatic N) is 1. The molecule has 0 aliphatic carbocycles. The first-order chi connectivity index (χ1) is 9.67. The highest BCUT2D eigenvalue weighted by Gasteiger charge is 2.38. The van der Waals surface area contributed by atoms with Crippen molar-refractivity contribution in [1.29, 1.82) is 5.26 Å². The smallest absolute Gasteiger partial charge is 0.168 e. The molecule has 0 saturated carbocycles. The Morgan fingerprint density at radius 2 is 2.05 bits per heavy atom. The van der Waals surface area contributed by atoms with Crippen molar-refractivity contribution in [3.8, 4) is 6.07 Å². The molecule has 104 valence electrons. The number of hydrogen-bond acceptors (Lipinski definition) is 3. The largest absolute Gasteiger partial charge is 0.294 e. The zero-order valence-corrected chi connectivity index (χ0v) is 12.0. The van der Waals surface area contributed by atoms with Crippen LogP contribution in [0.5, 0.6) is 0 Å². The minimum atomic E-state index is -0.478. The zero-order chi connectivity index (χ0) is 14.1. The fraction of sp³-hybridized carbons (Fsp3) is 0.500. The summed E-state index contributed by atoms with van der Waals surface area (Å²) in [5.41, 5.74) is 0.823. The summed E-state index contributed by atoms with van der Waals surface area (Å²) in [7, 11) is 0. The van der Waals surface area contributed by atoms with E-state index in [1.54, 1.807) is 12.1 Å². The Morgan fingerprint density at radius 3 is 2.65 bits per heavy atom. The van der Waals surface area contributed by atoms with Gasteiger partial charge in [-0.15, -0.1) is 0 Å². The van der Waals surface area contributed by atoms with E-state index in [-0.39, 0.29) is 23.7 Å². The first-order valence-electron chi connectivity index (χ1n) is 7.02. The maximum absolute atomic E-state index is 14.1. The molecule has 2 aliphatic rings.